The van der Waals surface area contributed by atoms with Crippen LogP contribution in [0.4, 0.5) is 19.1 Å². The van der Waals surface area contributed by atoms with Crippen LogP contribution in [0.15, 0.2) is 34.4 Å². The van der Waals surface area contributed by atoms with E-state index in [0.29, 0.717) is 60.4 Å². The molecular weight excluding hydrogens is 489 g/mol. The van der Waals surface area contributed by atoms with Crippen molar-refractivity contribution in [2.75, 3.05) is 31.2 Å². The van der Waals surface area contributed by atoms with Crippen molar-refractivity contribution < 1.29 is 22.6 Å². The van der Waals surface area contributed by atoms with Gasteiger partial charge >= 0.3 is 6.18 Å². The van der Waals surface area contributed by atoms with E-state index < -0.39 is 11.7 Å². The van der Waals surface area contributed by atoms with Crippen LogP contribution in [0.25, 0.3) is 16.7 Å². The molecule has 3 aliphatic rings. The van der Waals surface area contributed by atoms with Gasteiger partial charge in [0.15, 0.2) is 5.65 Å². The molecule has 3 aromatic rings. The van der Waals surface area contributed by atoms with Crippen molar-refractivity contribution >= 4 is 22.7 Å². The highest BCUT2D eigenvalue weighted by Crippen LogP contribution is 2.41. The maximum absolute atomic E-state index is 13.2. The lowest BCUT2D eigenvalue weighted by molar-refractivity contribution is -0.0934. The molecule has 3 aromatic heterocycles. The van der Waals surface area contributed by atoms with Gasteiger partial charge in [-0.25, -0.2) is 15.0 Å². The molecule has 12 heteroatoms. The molecule has 0 bridgehead atoms. The second-order valence-corrected chi connectivity index (χ2v) is 9.56. The number of hydrogen-bond acceptors (Lipinski definition) is 8. The van der Waals surface area contributed by atoms with E-state index in [1.165, 1.54) is 6.07 Å². The number of halogens is 3. The van der Waals surface area contributed by atoms with Crippen LogP contribution in [0.5, 0.6) is 0 Å². The highest BCUT2D eigenvalue weighted by Gasteiger charge is 2.39. The van der Waals surface area contributed by atoms with Crippen LogP contribution in [0, 0.1) is 6.92 Å². The summed E-state index contributed by atoms with van der Waals surface area (Å²) in [7, 11) is 0. The van der Waals surface area contributed by atoms with Gasteiger partial charge in [-0.2, -0.15) is 18.2 Å². The summed E-state index contributed by atoms with van der Waals surface area (Å²) in [5, 5.41) is 0. The van der Waals surface area contributed by atoms with E-state index in [4.69, 9.17) is 19.4 Å². The van der Waals surface area contributed by atoms with Crippen molar-refractivity contribution in [3.05, 3.63) is 62.6 Å². The normalized spacial score (nSPS) is 22.4. The number of aromatic nitrogens is 5. The van der Waals surface area contributed by atoms with Gasteiger partial charge in [-0.1, -0.05) is 0 Å². The Balaban J connectivity index is 1.45. The summed E-state index contributed by atoms with van der Waals surface area (Å²) < 4.78 is 51.0. The lowest BCUT2D eigenvalue weighted by Crippen LogP contribution is -2.44. The third kappa shape index (κ3) is 4.41. The first kappa shape index (κ1) is 23.8. The van der Waals surface area contributed by atoms with Gasteiger partial charge in [0, 0.05) is 36.7 Å². The van der Waals surface area contributed by atoms with Crippen molar-refractivity contribution in [3.8, 4) is 0 Å². The number of ether oxygens (including phenoxy) is 2. The summed E-state index contributed by atoms with van der Waals surface area (Å²) in [6.45, 7) is 5.65. The molecule has 2 saturated heterocycles. The molecule has 37 heavy (non-hydrogen) atoms. The number of rotatable bonds is 4. The van der Waals surface area contributed by atoms with E-state index in [1.54, 1.807) is 12.3 Å². The molecule has 6 rings (SSSR count). The topological polar surface area (TPSA) is 106 Å². The number of aromatic amines is 1. The minimum absolute atomic E-state index is 0.0826. The van der Waals surface area contributed by atoms with Crippen molar-refractivity contribution in [1.29, 1.82) is 0 Å². The summed E-state index contributed by atoms with van der Waals surface area (Å²) in [4.78, 5) is 34.9. The molecule has 2 atom stereocenters. The molecule has 1 N–H and O–H groups in total. The zero-order chi connectivity index (χ0) is 25.9. The summed E-state index contributed by atoms with van der Waals surface area (Å²) in [5.74, 6) is 0.412. The lowest BCUT2D eigenvalue weighted by Gasteiger charge is -2.37. The van der Waals surface area contributed by atoms with Crippen LogP contribution in [-0.4, -0.2) is 63.5 Å². The Morgan fingerprint density at radius 1 is 1.14 bits per heavy atom. The smallest absolute Gasteiger partial charge is 0.380 e. The van der Waals surface area contributed by atoms with Crippen molar-refractivity contribution in [3.63, 3.8) is 0 Å². The van der Waals surface area contributed by atoms with Gasteiger partial charge in [-0.15, -0.1) is 5.73 Å². The number of allylic oxidation sites excluding steroid dienone is 1. The van der Waals surface area contributed by atoms with Gasteiger partial charge < -0.3 is 19.4 Å². The molecule has 192 valence electrons. The number of alkyl halides is 3. The molecule has 0 saturated carbocycles. The van der Waals surface area contributed by atoms with Gasteiger partial charge in [-0.3, -0.25) is 4.79 Å². The second-order valence-electron chi connectivity index (χ2n) is 9.56. The Morgan fingerprint density at radius 3 is 2.57 bits per heavy atom. The fraction of sp³-hybridized carbons (Fsp3) is 0.440. The number of anilines is 1. The molecule has 1 aliphatic carbocycles. The van der Waals surface area contributed by atoms with E-state index in [-0.39, 0.29) is 30.1 Å². The molecule has 5 heterocycles. The largest absolute Gasteiger partial charge is 0.420 e. The lowest BCUT2D eigenvalue weighted by atomic mass is 9.93. The maximum Gasteiger partial charge on any atom is 0.420 e. The Kier molecular flexibility index (Phi) is 5.63. The van der Waals surface area contributed by atoms with E-state index in [2.05, 4.69) is 20.7 Å². The number of fused-ring (bicyclic) bond motifs is 1. The van der Waals surface area contributed by atoms with Gasteiger partial charge in [0.25, 0.3) is 0 Å². The van der Waals surface area contributed by atoms with Gasteiger partial charge in [-0.05, 0) is 25.5 Å². The minimum atomic E-state index is -4.44. The van der Waals surface area contributed by atoms with E-state index >= 15 is 0 Å². The summed E-state index contributed by atoms with van der Waals surface area (Å²) in [6, 6.07) is 3.14. The van der Waals surface area contributed by atoms with Crippen LogP contribution in [0.2, 0.25) is 0 Å². The van der Waals surface area contributed by atoms with Gasteiger partial charge in [0.05, 0.1) is 42.8 Å². The average Bonchev–Trinajstić information content (AvgIpc) is 2.76. The molecule has 0 amide bonds. The maximum atomic E-state index is 13.2. The Hall–Kier alpha value is -3.60. The fourth-order valence-electron chi connectivity index (χ4n) is 4.74. The zero-order valence-electron chi connectivity index (χ0n) is 20.1. The fourth-order valence-corrected chi connectivity index (χ4v) is 4.74. The van der Waals surface area contributed by atoms with E-state index in [1.807, 2.05) is 18.7 Å². The number of nitrogens with one attached hydrogen (secondary N) is 1. The first-order chi connectivity index (χ1) is 17.7. The second kappa shape index (κ2) is 8.76. The molecule has 0 radical (unpaired) electrons. The quantitative estimate of drug-likeness (QED) is 0.531. The van der Waals surface area contributed by atoms with E-state index in [9.17, 15) is 18.0 Å². The monoisotopic (exact) mass is 512 g/mol. The van der Waals surface area contributed by atoms with Crippen LogP contribution in [-0.2, 0) is 9.47 Å². The number of nitrogens with zero attached hydrogens (tertiary/aromatic N) is 5. The zero-order valence-corrected chi connectivity index (χ0v) is 20.1. The van der Waals surface area contributed by atoms with Gasteiger partial charge in [0.2, 0.25) is 11.5 Å². The van der Waals surface area contributed by atoms with Crippen LogP contribution >= 0.6 is 0 Å². The molecule has 2 aliphatic heterocycles. The number of morpholine rings is 1. The molecule has 0 aromatic carbocycles. The average molecular weight is 512 g/mol. The Bertz CT molecular complexity index is 1500. The third-order valence-corrected chi connectivity index (χ3v) is 6.76. The summed E-state index contributed by atoms with van der Waals surface area (Å²) in [5.41, 5.74) is 5.06. The van der Waals surface area contributed by atoms with Gasteiger partial charge in [0.1, 0.15) is 17.3 Å². The van der Waals surface area contributed by atoms with Crippen molar-refractivity contribution in [1.82, 2.24) is 24.9 Å². The SMILES string of the molecule is Cc1nc2nc(N3C[C@@H](C)O[C@@H](c4ccc(=O)[nH]c4)C3)nc(C3=C=C(C(F)(F)F)C3)c2nc1C1COC1. The van der Waals surface area contributed by atoms with Crippen molar-refractivity contribution in [2.45, 2.75) is 44.6 Å². The molecule has 9 nitrogen and oxygen atoms in total. The Labute approximate surface area is 209 Å². The van der Waals surface area contributed by atoms with E-state index in [0.717, 1.165) is 11.3 Å². The van der Waals surface area contributed by atoms with Crippen LogP contribution in [0.3, 0.4) is 0 Å². The standard InChI is InChI=1S/C25H23F3N6O3/c1-12-8-34(9-18(37-12)14-3-4-19(35)29-7-14)24-32-21(15-5-17(6-15)25(26,27)28)22-23(33-24)30-13(2)20(31-22)16-10-36-11-16/h3-4,7,12,16,18H,5,8-11H2,1-2H3,(H,29,35)/t12-,18-/m1/s1. The predicted molar refractivity (Wildman–Crippen MR) is 127 cm³/mol. The summed E-state index contributed by atoms with van der Waals surface area (Å²) >= 11 is 0. The number of pyridine rings is 1. The number of hydrogen-bond donors (Lipinski definition) is 1. The minimum Gasteiger partial charge on any atom is -0.380 e. The first-order valence-corrected chi connectivity index (χ1v) is 11.9. The van der Waals surface area contributed by atoms with Crippen LogP contribution in [0.1, 0.15) is 48.0 Å². The molecule has 0 spiro atoms. The molecule has 2 fully saturated rings. The third-order valence-electron chi connectivity index (χ3n) is 6.76. The van der Waals surface area contributed by atoms with Crippen LogP contribution < -0.4 is 10.5 Å². The van der Waals surface area contributed by atoms with Crippen molar-refractivity contribution in [2.24, 2.45) is 0 Å². The highest BCUT2D eigenvalue weighted by atomic mass is 19.4. The molecular formula is C25H23F3N6O3. The highest BCUT2D eigenvalue weighted by molar-refractivity contribution is 5.88. The predicted octanol–water partition coefficient (Wildman–Crippen LogP) is 3.37. The first-order valence-electron chi connectivity index (χ1n) is 11.9. The Morgan fingerprint density at radius 2 is 1.92 bits per heavy atom. The molecule has 0 unspecified atom stereocenters. The number of aryl methyl sites for hydroxylation is 1. The summed E-state index contributed by atoms with van der Waals surface area (Å²) in [6.07, 6.45) is -3.68. The number of H-pyrrole nitrogens is 1.